The highest BCUT2D eigenvalue weighted by Crippen LogP contribution is 2.49. The third-order valence-electron chi connectivity index (χ3n) is 9.84. The van der Waals surface area contributed by atoms with Crippen molar-refractivity contribution in [3.05, 3.63) is 99.2 Å². The molecule has 1 saturated heterocycles. The van der Waals surface area contributed by atoms with E-state index in [1.807, 2.05) is 50.3 Å². The fourth-order valence-electron chi connectivity index (χ4n) is 7.30. The van der Waals surface area contributed by atoms with Crippen LogP contribution in [-0.4, -0.2) is 51.5 Å². The van der Waals surface area contributed by atoms with Crippen molar-refractivity contribution in [3.8, 4) is 5.75 Å². The van der Waals surface area contributed by atoms with Crippen LogP contribution in [0.4, 0.5) is 0 Å². The summed E-state index contributed by atoms with van der Waals surface area (Å²) in [6.07, 6.45) is 4.35. The van der Waals surface area contributed by atoms with Crippen molar-refractivity contribution in [2.45, 2.75) is 77.9 Å². The van der Waals surface area contributed by atoms with Gasteiger partial charge in [0.15, 0.2) is 5.78 Å². The highest BCUT2D eigenvalue weighted by Gasteiger charge is 2.45. The van der Waals surface area contributed by atoms with Crippen LogP contribution < -0.4 is 15.8 Å². The van der Waals surface area contributed by atoms with Gasteiger partial charge in [0.25, 0.3) is 0 Å². The summed E-state index contributed by atoms with van der Waals surface area (Å²) in [6, 6.07) is 14.1. The molecule has 1 unspecified atom stereocenters. The minimum Gasteiger partial charge on any atom is -0.510 e. The summed E-state index contributed by atoms with van der Waals surface area (Å²) in [5.74, 6) is -0.666. The normalized spacial score (nSPS) is 20.9. The van der Waals surface area contributed by atoms with Gasteiger partial charge in [-0.05, 0) is 54.4 Å². The summed E-state index contributed by atoms with van der Waals surface area (Å²) in [4.78, 5) is 56.7. The first kappa shape index (κ1) is 34.3. The third-order valence-corrected chi connectivity index (χ3v) is 10.2. The number of hydrogen-bond acceptors (Lipinski definition) is 7. The zero-order valence-corrected chi connectivity index (χ0v) is 28.7. The molecule has 2 aromatic rings. The van der Waals surface area contributed by atoms with E-state index in [-0.39, 0.29) is 59.9 Å². The van der Waals surface area contributed by atoms with Gasteiger partial charge in [-0.15, -0.1) is 0 Å². The number of ketones is 1. The molecule has 0 aromatic heterocycles. The summed E-state index contributed by atoms with van der Waals surface area (Å²) < 4.78 is 6.04. The van der Waals surface area contributed by atoms with Crippen LogP contribution in [0.2, 0.25) is 5.02 Å². The number of carbonyl (C=O) groups is 4. The summed E-state index contributed by atoms with van der Waals surface area (Å²) in [6.45, 7) is 5.19. The molecule has 2 aliphatic heterocycles. The predicted molar refractivity (Wildman–Crippen MR) is 185 cm³/mol. The van der Waals surface area contributed by atoms with Gasteiger partial charge in [0, 0.05) is 61.0 Å². The third kappa shape index (κ3) is 7.39. The van der Waals surface area contributed by atoms with Crippen LogP contribution in [0.25, 0.3) is 0 Å². The molecule has 258 valence electrons. The van der Waals surface area contributed by atoms with Gasteiger partial charge >= 0.3 is 0 Å². The first-order valence-corrected chi connectivity index (χ1v) is 17.3. The number of Topliss-reactive ketones (excluding diaryl/α,β-unsaturated/α-hetero) is 1. The van der Waals surface area contributed by atoms with Crippen LogP contribution in [0.15, 0.2) is 83.0 Å². The number of halogens is 1. The number of fused-ring (bicyclic) bond motifs is 1. The quantitative estimate of drug-likeness (QED) is 0.310. The zero-order valence-electron chi connectivity index (χ0n) is 28.0. The number of aliphatic hydroxyl groups excluding tert-OH is 1. The number of carbonyl (C=O) groups excluding carboxylic acids is 4. The largest absolute Gasteiger partial charge is 0.510 e. The lowest BCUT2D eigenvalue weighted by atomic mass is 9.73. The lowest BCUT2D eigenvalue weighted by Crippen LogP contribution is -2.42. The van der Waals surface area contributed by atoms with E-state index in [1.165, 1.54) is 0 Å². The van der Waals surface area contributed by atoms with Crippen molar-refractivity contribution in [3.63, 3.8) is 0 Å². The maximum Gasteiger partial charge on any atom is 0.228 e. The molecule has 0 radical (unpaired) electrons. The van der Waals surface area contributed by atoms with Crippen molar-refractivity contribution >= 4 is 35.1 Å². The standard InChI is InChI=1S/C38H43ClN4O6/c1-38(2)20-28-34(31(45)21-38)36(26-12-11-25(19-27(26)39)49-22-23-7-4-3-5-8-23)43(29-9-6-10-30(44)35(29)41-28)33(47)14-13-32(46)42-17-15-24(16-18-42)37(40)48/h3-5,7-9,11-12,19,24,36,41,44H,6,10,13-18,20-22H2,1-2H3,(H2,40,48). The molecule has 0 bridgehead atoms. The van der Waals surface area contributed by atoms with Gasteiger partial charge in [0.2, 0.25) is 17.7 Å². The van der Waals surface area contributed by atoms with Gasteiger partial charge in [-0.25, -0.2) is 0 Å². The molecule has 2 aliphatic carbocycles. The first-order chi connectivity index (χ1) is 23.4. The average molecular weight is 687 g/mol. The van der Waals surface area contributed by atoms with E-state index >= 15 is 0 Å². The Labute approximate surface area is 291 Å². The van der Waals surface area contributed by atoms with Crippen molar-refractivity contribution in [2.24, 2.45) is 17.1 Å². The number of nitrogens with zero attached hydrogens (tertiary/aromatic N) is 2. The predicted octanol–water partition coefficient (Wildman–Crippen LogP) is 5.99. The van der Waals surface area contributed by atoms with Crippen LogP contribution in [0, 0.1) is 11.3 Å². The zero-order chi connectivity index (χ0) is 34.9. The Morgan fingerprint density at radius 3 is 2.45 bits per heavy atom. The molecular formula is C38H43ClN4O6. The minimum absolute atomic E-state index is 0.0537. The van der Waals surface area contributed by atoms with Crippen molar-refractivity contribution in [1.29, 1.82) is 0 Å². The monoisotopic (exact) mass is 686 g/mol. The van der Waals surface area contributed by atoms with Gasteiger partial charge in [0.1, 0.15) is 23.8 Å². The number of rotatable bonds is 8. The lowest BCUT2D eigenvalue weighted by molar-refractivity contribution is -0.138. The molecule has 10 nitrogen and oxygen atoms in total. The van der Waals surface area contributed by atoms with Crippen LogP contribution in [0.5, 0.6) is 5.75 Å². The highest BCUT2D eigenvalue weighted by molar-refractivity contribution is 6.31. The first-order valence-electron chi connectivity index (χ1n) is 16.9. The average Bonchev–Trinajstić information content (AvgIpc) is 3.21. The van der Waals surface area contributed by atoms with Gasteiger partial charge in [-0.2, -0.15) is 0 Å². The molecule has 49 heavy (non-hydrogen) atoms. The summed E-state index contributed by atoms with van der Waals surface area (Å²) in [7, 11) is 0. The van der Waals surface area contributed by atoms with Gasteiger partial charge in [-0.3, -0.25) is 24.1 Å². The van der Waals surface area contributed by atoms with E-state index < -0.39 is 6.04 Å². The fraction of sp³-hybridized carbons (Fsp3) is 0.421. The molecule has 0 spiro atoms. The van der Waals surface area contributed by atoms with E-state index in [9.17, 15) is 24.3 Å². The maximum atomic E-state index is 14.5. The molecule has 11 heteroatoms. The van der Waals surface area contributed by atoms with Crippen LogP contribution in [0.3, 0.4) is 0 Å². The Morgan fingerprint density at radius 1 is 1.04 bits per heavy atom. The summed E-state index contributed by atoms with van der Waals surface area (Å²) in [5.41, 5.74) is 8.55. The Balaban J connectivity index is 1.36. The number of aliphatic hydroxyl groups is 1. The molecule has 6 rings (SSSR count). The van der Waals surface area contributed by atoms with Crippen molar-refractivity contribution in [1.82, 2.24) is 15.1 Å². The number of ether oxygens (including phenoxy) is 1. The number of amides is 3. The molecular weight excluding hydrogens is 644 g/mol. The molecule has 4 N–H and O–H groups in total. The second-order valence-corrected chi connectivity index (χ2v) is 14.5. The molecule has 2 heterocycles. The topological polar surface area (TPSA) is 142 Å². The van der Waals surface area contributed by atoms with Crippen molar-refractivity contribution in [2.75, 3.05) is 13.1 Å². The smallest absolute Gasteiger partial charge is 0.228 e. The van der Waals surface area contributed by atoms with E-state index in [1.54, 1.807) is 28.0 Å². The molecule has 1 atom stereocenters. The minimum atomic E-state index is -0.912. The van der Waals surface area contributed by atoms with Gasteiger partial charge in [-0.1, -0.05) is 67.9 Å². The number of piperidine rings is 1. The molecule has 3 amide bonds. The summed E-state index contributed by atoms with van der Waals surface area (Å²) >= 11 is 7.02. The van der Waals surface area contributed by atoms with E-state index in [2.05, 4.69) is 5.32 Å². The highest BCUT2D eigenvalue weighted by atomic mass is 35.5. The van der Waals surface area contributed by atoms with Crippen LogP contribution in [-0.2, 0) is 25.8 Å². The van der Waals surface area contributed by atoms with Gasteiger partial charge in [0.05, 0.1) is 11.7 Å². The van der Waals surface area contributed by atoms with Crippen LogP contribution >= 0.6 is 11.6 Å². The number of nitrogens with one attached hydrogen (secondary N) is 1. The van der Waals surface area contributed by atoms with Gasteiger partial charge < -0.3 is 25.8 Å². The number of primary amides is 1. The Morgan fingerprint density at radius 2 is 1.76 bits per heavy atom. The molecule has 2 aromatic carbocycles. The SMILES string of the molecule is CC1(C)CC(=O)C2=C(C1)NC1=C(O)CCC=C1N(C(=O)CCC(=O)N1CCC(C(N)=O)CC1)C2c1ccc(OCc2ccccc2)cc1Cl. The Hall–Kier alpha value is -4.57. The number of allylic oxidation sites excluding steroid dienone is 3. The van der Waals surface area contributed by atoms with E-state index in [0.29, 0.717) is 90.8 Å². The number of hydrogen-bond donors (Lipinski definition) is 3. The number of nitrogens with two attached hydrogens (primary N) is 1. The second kappa shape index (κ2) is 14.1. The Kier molecular flexibility index (Phi) is 9.88. The van der Waals surface area contributed by atoms with E-state index in [4.69, 9.17) is 22.1 Å². The van der Waals surface area contributed by atoms with E-state index in [0.717, 1.165) is 5.56 Å². The molecule has 4 aliphatic rings. The van der Waals surface area contributed by atoms with Crippen molar-refractivity contribution < 1.29 is 29.0 Å². The lowest BCUT2D eigenvalue weighted by Gasteiger charge is -2.38. The fourth-order valence-corrected chi connectivity index (χ4v) is 7.57. The number of likely N-dealkylation sites (tertiary alicyclic amines) is 1. The molecule has 0 saturated carbocycles. The Bertz CT molecular complexity index is 1760. The molecule has 1 fully saturated rings. The maximum absolute atomic E-state index is 14.5. The van der Waals surface area contributed by atoms with Crippen LogP contribution in [0.1, 0.15) is 82.4 Å². The summed E-state index contributed by atoms with van der Waals surface area (Å²) in [5, 5.41) is 14.9. The second-order valence-electron chi connectivity index (χ2n) is 14.1. The number of benzene rings is 2.